The summed E-state index contributed by atoms with van der Waals surface area (Å²) in [5.74, 6) is 1.68. The van der Waals surface area contributed by atoms with E-state index in [1.165, 1.54) is 24.6 Å². The van der Waals surface area contributed by atoms with Crippen LogP contribution in [0.2, 0.25) is 0 Å². The molecule has 1 saturated carbocycles. The fourth-order valence-corrected chi connectivity index (χ4v) is 6.37. The van der Waals surface area contributed by atoms with Crippen molar-refractivity contribution in [3.63, 3.8) is 0 Å². The van der Waals surface area contributed by atoms with Crippen LogP contribution in [0.4, 0.5) is 0 Å². The number of nitrogens with one attached hydrogen (secondary N) is 1. The molecule has 0 bridgehead atoms. The van der Waals surface area contributed by atoms with Crippen LogP contribution in [-0.4, -0.2) is 42.9 Å². The molecule has 4 nitrogen and oxygen atoms in total. The number of hydrogen-bond acceptors (Lipinski definition) is 4. The first-order chi connectivity index (χ1) is 8.94. The normalized spacial score (nSPS) is 34.1. The summed E-state index contributed by atoms with van der Waals surface area (Å²) < 4.78 is 22.6. The number of hydrogen-bond donors (Lipinski definition) is 1. The lowest BCUT2D eigenvalue weighted by Gasteiger charge is -2.27. The minimum Gasteiger partial charge on any atom is -0.353 e. The number of amides is 1. The van der Waals surface area contributed by atoms with Crippen molar-refractivity contribution in [2.45, 2.75) is 50.3 Å². The summed E-state index contributed by atoms with van der Waals surface area (Å²) in [5, 5.41) is 3.20. The van der Waals surface area contributed by atoms with E-state index in [0.29, 0.717) is 24.1 Å². The standard InChI is InChI=1S/C13H23NO3S2/c1-10-3-2-4-11(7-10)14-13(15)8-18-12-5-6-19(16,17)9-12/h10-12H,2-9H2,1H3,(H,14,15)/t10-,11+,12+/m1/s1. The van der Waals surface area contributed by atoms with Crippen molar-refractivity contribution in [2.24, 2.45) is 5.92 Å². The number of rotatable bonds is 4. The maximum Gasteiger partial charge on any atom is 0.230 e. The predicted octanol–water partition coefficient (Wildman–Crippen LogP) is 1.60. The van der Waals surface area contributed by atoms with E-state index in [2.05, 4.69) is 12.2 Å². The van der Waals surface area contributed by atoms with Gasteiger partial charge in [-0.1, -0.05) is 19.8 Å². The van der Waals surface area contributed by atoms with Crippen molar-refractivity contribution in [2.75, 3.05) is 17.3 Å². The van der Waals surface area contributed by atoms with Gasteiger partial charge in [0.15, 0.2) is 9.84 Å². The maximum absolute atomic E-state index is 11.9. The number of thioether (sulfide) groups is 1. The van der Waals surface area contributed by atoms with Crippen LogP contribution in [-0.2, 0) is 14.6 Å². The number of carbonyl (C=O) groups excluding carboxylic acids is 1. The second-order valence-corrected chi connectivity index (χ2v) is 9.39. The molecule has 0 unspecified atom stereocenters. The van der Waals surface area contributed by atoms with Crippen LogP contribution in [0.1, 0.15) is 39.0 Å². The van der Waals surface area contributed by atoms with Gasteiger partial charge in [0.25, 0.3) is 0 Å². The van der Waals surface area contributed by atoms with E-state index in [9.17, 15) is 13.2 Å². The highest BCUT2D eigenvalue weighted by atomic mass is 32.2. The molecule has 0 aromatic heterocycles. The summed E-state index contributed by atoms with van der Waals surface area (Å²) in [6.07, 6.45) is 5.31. The summed E-state index contributed by atoms with van der Waals surface area (Å²) in [5.41, 5.74) is 0. The molecule has 6 heteroatoms. The number of sulfone groups is 1. The van der Waals surface area contributed by atoms with Gasteiger partial charge in [-0.25, -0.2) is 8.42 Å². The molecule has 0 radical (unpaired) electrons. The largest absolute Gasteiger partial charge is 0.353 e. The van der Waals surface area contributed by atoms with E-state index in [0.717, 1.165) is 12.8 Å². The van der Waals surface area contributed by atoms with Crippen LogP contribution >= 0.6 is 11.8 Å². The molecule has 1 amide bonds. The molecule has 1 saturated heterocycles. The maximum atomic E-state index is 11.9. The SMILES string of the molecule is C[C@@H]1CCC[C@H](NC(=O)CS[C@H]2CCS(=O)(=O)C2)C1. The Balaban J connectivity index is 1.67. The molecule has 19 heavy (non-hydrogen) atoms. The van der Waals surface area contributed by atoms with Crippen molar-refractivity contribution in [1.82, 2.24) is 5.32 Å². The molecule has 2 rings (SSSR count). The molecule has 0 aromatic carbocycles. The zero-order valence-corrected chi connectivity index (χ0v) is 13.1. The van der Waals surface area contributed by atoms with Gasteiger partial charge in [0.2, 0.25) is 5.91 Å². The highest BCUT2D eigenvalue weighted by Gasteiger charge is 2.29. The molecule has 2 fully saturated rings. The van der Waals surface area contributed by atoms with Gasteiger partial charge in [-0.2, -0.15) is 0 Å². The Bertz CT molecular complexity index is 422. The van der Waals surface area contributed by atoms with Gasteiger partial charge in [0, 0.05) is 11.3 Å². The molecule has 1 heterocycles. The third kappa shape index (κ3) is 4.99. The molecular weight excluding hydrogens is 282 g/mol. The first-order valence-electron chi connectivity index (χ1n) is 7.06. The fourth-order valence-electron chi connectivity index (χ4n) is 2.92. The monoisotopic (exact) mass is 305 g/mol. The van der Waals surface area contributed by atoms with Crippen molar-refractivity contribution >= 4 is 27.5 Å². The summed E-state index contributed by atoms with van der Waals surface area (Å²) in [7, 11) is -2.83. The van der Waals surface area contributed by atoms with Gasteiger partial charge >= 0.3 is 0 Å². The minimum atomic E-state index is -2.83. The van der Waals surface area contributed by atoms with Crippen LogP contribution in [0, 0.1) is 5.92 Å². The quantitative estimate of drug-likeness (QED) is 0.857. The second kappa shape index (κ2) is 6.48. The first-order valence-corrected chi connectivity index (χ1v) is 9.93. The van der Waals surface area contributed by atoms with Crippen LogP contribution in [0.3, 0.4) is 0 Å². The Morgan fingerprint density at radius 2 is 2.11 bits per heavy atom. The van der Waals surface area contributed by atoms with Gasteiger partial charge < -0.3 is 5.32 Å². The lowest BCUT2D eigenvalue weighted by atomic mass is 9.87. The molecule has 0 aromatic rings. The molecule has 1 aliphatic heterocycles. The van der Waals surface area contributed by atoms with Gasteiger partial charge in [-0.3, -0.25) is 4.79 Å². The zero-order valence-electron chi connectivity index (χ0n) is 11.4. The fraction of sp³-hybridized carbons (Fsp3) is 0.923. The van der Waals surface area contributed by atoms with Crippen LogP contribution in [0.25, 0.3) is 0 Å². The van der Waals surface area contributed by atoms with E-state index >= 15 is 0 Å². The Labute approximate surface area is 120 Å². The lowest BCUT2D eigenvalue weighted by molar-refractivity contribution is -0.119. The number of carbonyl (C=O) groups is 1. The Kier molecular flexibility index (Phi) is 5.17. The molecule has 2 aliphatic rings. The average molecular weight is 305 g/mol. The molecule has 110 valence electrons. The molecular formula is C13H23NO3S2. The van der Waals surface area contributed by atoms with Crippen LogP contribution in [0.15, 0.2) is 0 Å². The van der Waals surface area contributed by atoms with E-state index < -0.39 is 9.84 Å². The molecule has 0 spiro atoms. The van der Waals surface area contributed by atoms with Crippen LogP contribution in [0.5, 0.6) is 0 Å². The second-order valence-electron chi connectivity index (χ2n) is 5.87. The Morgan fingerprint density at radius 1 is 1.32 bits per heavy atom. The smallest absolute Gasteiger partial charge is 0.230 e. The van der Waals surface area contributed by atoms with E-state index in [4.69, 9.17) is 0 Å². The lowest BCUT2D eigenvalue weighted by Crippen LogP contribution is -2.39. The van der Waals surface area contributed by atoms with Crippen molar-refractivity contribution in [3.8, 4) is 0 Å². The van der Waals surface area contributed by atoms with Crippen molar-refractivity contribution in [3.05, 3.63) is 0 Å². The van der Waals surface area contributed by atoms with E-state index in [1.54, 1.807) is 0 Å². The Hall–Kier alpha value is -0.230. The summed E-state index contributed by atoms with van der Waals surface area (Å²) in [6.45, 7) is 2.23. The first kappa shape index (κ1) is 15.2. The average Bonchev–Trinajstić information content (AvgIpc) is 2.66. The zero-order chi connectivity index (χ0) is 13.9. The summed E-state index contributed by atoms with van der Waals surface area (Å²) in [4.78, 5) is 11.9. The van der Waals surface area contributed by atoms with Gasteiger partial charge in [0.05, 0.1) is 17.3 Å². The third-order valence-corrected chi connectivity index (χ3v) is 7.22. The molecule has 3 atom stereocenters. The summed E-state index contributed by atoms with van der Waals surface area (Å²) >= 11 is 1.49. The minimum absolute atomic E-state index is 0.0633. The highest BCUT2D eigenvalue weighted by Crippen LogP contribution is 2.25. The highest BCUT2D eigenvalue weighted by molar-refractivity contribution is 8.02. The Morgan fingerprint density at radius 3 is 2.74 bits per heavy atom. The van der Waals surface area contributed by atoms with Crippen LogP contribution < -0.4 is 5.32 Å². The topological polar surface area (TPSA) is 63.2 Å². The molecule has 1 aliphatic carbocycles. The summed E-state index contributed by atoms with van der Waals surface area (Å²) in [6, 6.07) is 0.323. The molecule has 1 N–H and O–H groups in total. The van der Waals surface area contributed by atoms with E-state index in [1.807, 2.05) is 0 Å². The van der Waals surface area contributed by atoms with Crippen molar-refractivity contribution in [1.29, 1.82) is 0 Å². The van der Waals surface area contributed by atoms with Gasteiger partial charge in [-0.15, -0.1) is 11.8 Å². The predicted molar refractivity (Wildman–Crippen MR) is 79.1 cm³/mol. The van der Waals surface area contributed by atoms with Gasteiger partial charge in [-0.05, 0) is 25.2 Å². The third-order valence-electron chi connectivity index (χ3n) is 3.94. The van der Waals surface area contributed by atoms with Crippen molar-refractivity contribution < 1.29 is 13.2 Å². The van der Waals surface area contributed by atoms with Gasteiger partial charge in [0.1, 0.15) is 0 Å². The van der Waals surface area contributed by atoms with E-state index in [-0.39, 0.29) is 22.7 Å².